The Morgan fingerprint density at radius 2 is 1.88 bits per heavy atom. The normalized spacial score (nSPS) is 11.4. The number of pyridine rings is 1. The summed E-state index contributed by atoms with van der Waals surface area (Å²) < 4.78 is 39.3. The predicted molar refractivity (Wildman–Crippen MR) is 122 cm³/mol. The number of hydrogen-bond donors (Lipinski definition) is 2. The lowest BCUT2D eigenvalue weighted by molar-refractivity contribution is -0.115. The number of nitrogens with two attached hydrogens (primary N) is 1. The monoisotopic (exact) mass is 485 g/mol. The van der Waals surface area contributed by atoms with Crippen LogP contribution in [0.2, 0.25) is 5.02 Å². The zero-order valence-corrected chi connectivity index (χ0v) is 18.5. The Morgan fingerprint density at radius 1 is 1.09 bits per heavy atom. The van der Waals surface area contributed by atoms with Crippen molar-refractivity contribution >= 4 is 33.2 Å². The lowest BCUT2D eigenvalue weighted by Crippen LogP contribution is -2.18. The summed E-state index contributed by atoms with van der Waals surface area (Å²) in [7, 11) is -4.17. The van der Waals surface area contributed by atoms with Crippen LogP contribution in [-0.4, -0.2) is 29.1 Å². The van der Waals surface area contributed by atoms with Gasteiger partial charge in [0.25, 0.3) is 0 Å². The highest BCUT2D eigenvalue weighted by Gasteiger charge is 2.19. The number of nitrogens with zero attached hydrogens (tertiary/aromatic N) is 3. The van der Waals surface area contributed by atoms with Crippen LogP contribution in [-0.2, 0) is 21.2 Å². The van der Waals surface area contributed by atoms with Gasteiger partial charge in [-0.2, -0.15) is 5.10 Å². The maximum Gasteiger partial charge on any atom is 0.240 e. The number of rotatable bonds is 6. The van der Waals surface area contributed by atoms with E-state index in [1.54, 1.807) is 24.3 Å². The molecule has 0 saturated heterocycles. The minimum absolute atomic E-state index is 0.0102. The molecule has 0 aliphatic carbocycles. The molecule has 0 unspecified atom stereocenters. The molecule has 0 bridgehead atoms. The molecule has 2 heterocycles. The van der Waals surface area contributed by atoms with Crippen molar-refractivity contribution in [3.05, 3.63) is 89.7 Å². The molecule has 0 aliphatic rings. The zero-order valence-electron chi connectivity index (χ0n) is 16.9. The summed E-state index contributed by atoms with van der Waals surface area (Å²) in [5, 5.41) is 12.7. The van der Waals surface area contributed by atoms with E-state index in [4.69, 9.17) is 16.7 Å². The molecule has 168 valence electrons. The second kappa shape index (κ2) is 9.10. The van der Waals surface area contributed by atoms with E-state index in [0.29, 0.717) is 21.7 Å². The Labute approximate surface area is 193 Å². The Kier molecular flexibility index (Phi) is 6.23. The molecular weight excluding hydrogens is 469 g/mol. The van der Waals surface area contributed by atoms with Crippen molar-refractivity contribution in [2.24, 2.45) is 5.14 Å². The molecule has 8 nitrogen and oxygen atoms in total. The van der Waals surface area contributed by atoms with E-state index in [-0.39, 0.29) is 28.6 Å². The van der Waals surface area contributed by atoms with Crippen LogP contribution in [0.15, 0.2) is 78.2 Å². The van der Waals surface area contributed by atoms with E-state index >= 15 is 0 Å². The lowest BCUT2D eigenvalue weighted by Gasteiger charge is -2.12. The number of halogens is 2. The van der Waals surface area contributed by atoms with E-state index in [9.17, 15) is 17.6 Å². The van der Waals surface area contributed by atoms with Crippen molar-refractivity contribution in [3.8, 4) is 16.8 Å². The SMILES string of the molecule is NS(=O)(=O)c1cc(NC(=O)Cc2ccccc2Cl)ccc1-n1cc(-c2cncc(F)c2)cn1. The van der Waals surface area contributed by atoms with Gasteiger partial charge in [-0.1, -0.05) is 29.8 Å². The summed E-state index contributed by atoms with van der Waals surface area (Å²) in [4.78, 5) is 16.0. The first-order chi connectivity index (χ1) is 15.7. The van der Waals surface area contributed by atoms with E-state index in [0.717, 1.165) is 6.20 Å². The lowest BCUT2D eigenvalue weighted by atomic mass is 10.1. The molecule has 0 spiro atoms. The van der Waals surface area contributed by atoms with Crippen LogP contribution in [0, 0.1) is 5.82 Å². The summed E-state index contributed by atoms with van der Waals surface area (Å²) in [6.45, 7) is 0. The maximum atomic E-state index is 13.5. The Morgan fingerprint density at radius 3 is 2.61 bits per heavy atom. The van der Waals surface area contributed by atoms with Crippen LogP contribution in [0.5, 0.6) is 0 Å². The van der Waals surface area contributed by atoms with E-state index in [1.807, 2.05) is 0 Å². The third-order valence-electron chi connectivity index (χ3n) is 4.73. The van der Waals surface area contributed by atoms with Gasteiger partial charge < -0.3 is 5.32 Å². The average Bonchev–Trinajstić information content (AvgIpc) is 3.25. The number of aromatic nitrogens is 3. The molecular formula is C22H17ClFN5O3S. The minimum Gasteiger partial charge on any atom is -0.326 e. The summed E-state index contributed by atoms with van der Waals surface area (Å²) in [5.74, 6) is -0.890. The molecule has 33 heavy (non-hydrogen) atoms. The van der Waals surface area contributed by atoms with Crippen molar-refractivity contribution in [2.75, 3.05) is 5.32 Å². The number of sulfonamides is 1. The predicted octanol–water partition coefficient (Wildman–Crippen LogP) is 3.56. The van der Waals surface area contributed by atoms with Crippen molar-refractivity contribution in [2.45, 2.75) is 11.3 Å². The second-order valence-electron chi connectivity index (χ2n) is 7.11. The largest absolute Gasteiger partial charge is 0.326 e. The van der Waals surface area contributed by atoms with Crippen molar-refractivity contribution in [1.82, 2.24) is 14.8 Å². The van der Waals surface area contributed by atoms with Gasteiger partial charge in [-0.05, 0) is 35.9 Å². The molecule has 0 fully saturated rings. The molecule has 1 amide bonds. The number of hydrogen-bond acceptors (Lipinski definition) is 5. The molecule has 11 heteroatoms. The first-order valence-electron chi connectivity index (χ1n) is 9.57. The topological polar surface area (TPSA) is 120 Å². The van der Waals surface area contributed by atoms with E-state index in [1.165, 1.54) is 47.5 Å². The summed E-state index contributed by atoms with van der Waals surface area (Å²) in [6, 6.07) is 12.4. The number of carbonyl (C=O) groups excluding carboxylic acids is 1. The Balaban J connectivity index is 1.63. The number of benzene rings is 2. The van der Waals surface area contributed by atoms with Gasteiger partial charge in [0.05, 0.1) is 24.5 Å². The highest BCUT2D eigenvalue weighted by atomic mass is 35.5. The minimum atomic E-state index is -4.17. The van der Waals surface area contributed by atoms with Gasteiger partial charge in [0.1, 0.15) is 10.7 Å². The molecule has 0 aliphatic heterocycles. The third-order valence-corrected chi connectivity index (χ3v) is 6.04. The van der Waals surface area contributed by atoms with Crippen LogP contribution in [0.4, 0.5) is 10.1 Å². The smallest absolute Gasteiger partial charge is 0.240 e. The molecule has 2 aromatic heterocycles. The molecule has 4 aromatic rings. The molecule has 0 saturated carbocycles. The van der Waals surface area contributed by atoms with Gasteiger partial charge in [0, 0.05) is 34.2 Å². The third kappa shape index (κ3) is 5.25. The van der Waals surface area contributed by atoms with Gasteiger partial charge >= 0.3 is 0 Å². The van der Waals surface area contributed by atoms with Crippen LogP contribution >= 0.6 is 11.6 Å². The first-order valence-corrected chi connectivity index (χ1v) is 11.5. The molecule has 0 atom stereocenters. The molecule has 4 rings (SSSR count). The highest BCUT2D eigenvalue weighted by Crippen LogP contribution is 2.26. The Hall–Kier alpha value is -3.60. The van der Waals surface area contributed by atoms with Gasteiger partial charge in [0.2, 0.25) is 15.9 Å². The fourth-order valence-electron chi connectivity index (χ4n) is 3.20. The van der Waals surface area contributed by atoms with Crippen molar-refractivity contribution in [1.29, 1.82) is 0 Å². The maximum absolute atomic E-state index is 13.5. The van der Waals surface area contributed by atoms with Crippen LogP contribution in [0.25, 0.3) is 16.8 Å². The van der Waals surface area contributed by atoms with Crippen molar-refractivity contribution in [3.63, 3.8) is 0 Å². The summed E-state index contributed by atoms with van der Waals surface area (Å²) >= 11 is 6.09. The Bertz CT molecular complexity index is 1460. The van der Waals surface area contributed by atoms with Crippen LogP contribution < -0.4 is 10.5 Å². The number of carbonyl (C=O) groups is 1. The number of primary sulfonamides is 1. The number of nitrogens with one attached hydrogen (secondary N) is 1. The fourth-order valence-corrected chi connectivity index (χ4v) is 4.15. The summed E-state index contributed by atoms with van der Waals surface area (Å²) in [5.41, 5.74) is 2.04. The van der Waals surface area contributed by atoms with Gasteiger partial charge in [-0.15, -0.1) is 0 Å². The van der Waals surface area contributed by atoms with Crippen LogP contribution in [0.1, 0.15) is 5.56 Å². The standard InChI is InChI=1S/C22H17ClFN5O3S/c23-19-4-2-1-3-14(19)8-22(30)28-18-5-6-20(21(9-18)33(25,31)32)29-13-16(11-27-29)15-7-17(24)12-26-10-15/h1-7,9-13H,8H2,(H,28,30)(H2,25,31,32). The summed E-state index contributed by atoms with van der Waals surface area (Å²) in [6.07, 6.45) is 5.52. The van der Waals surface area contributed by atoms with Crippen molar-refractivity contribution < 1.29 is 17.6 Å². The van der Waals surface area contributed by atoms with Gasteiger partial charge in [-0.3, -0.25) is 9.78 Å². The van der Waals surface area contributed by atoms with E-state index < -0.39 is 15.8 Å². The highest BCUT2D eigenvalue weighted by molar-refractivity contribution is 7.89. The fraction of sp³-hybridized carbons (Fsp3) is 0.0455. The average molecular weight is 486 g/mol. The second-order valence-corrected chi connectivity index (χ2v) is 9.05. The van der Waals surface area contributed by atoms with Gasteiger partial charge in [0.15, 0.2) is 0 Å². The van der Waals surface area contributed by atoms with E-state index in [2.05, 4.69) is 15.4 Å². The number of anilines is 1. The molecule has 2 aromatic carbocycles. The number of amides is 1. The quantitative estimate of drug-likeness (QED) is 0.432. The van der Waals surface area contributed by atoms with Gasteiger partial charge in [-0.25, -0.2) is 22.6 Å². The first kappa shape index (κ1) is 22.6. The zero-order chi connectivity index (χ0) is 23.6. The molecule has 3 N–H and O–H groups in total. The molecule has 0 radical (unpaired) electrons. The van der Waals surface area contributed by atoms with Crippen LogP contribution in [0.3, 0.4) is 0 Å².